The maximum Gasteiger partial charge on any atom is 0.232 e. The highest BCUT2D eigenvalue weighted by Crippen LogP contribution is 2.28. The van der Waals surface area contributed by atoms with Crippen LogP contribution in [0.3, 0.4) is 0 Å². The zero-order chi connectivity index (χ0) is 11.4. The SMILES string of the molecule is CC(C)NCc1cnc(OCC2CC2)cn1. The minimum atomic E-state index is 0.465. The molecule has 4 heteroatoms. The first-order chi connectivity index (χ1) is 7.74. The molecule has 0 aliphatic heterocycles. The van der Waals surface area contributed by atoms with Crippen LogP contribution in [0.15, 0.2) is 12.4 Å². The largest absolute Gasteiger partial charge is 0.476 e. The van der Waals surface area contributed by atoms with Crippen molar-refractivity contribution < 1.29 is 4.74 Å². The highest BCUT2D eigenvalue weighted by molar-refractivity contribution is 5.07. The molecule has 0 bridgehead atoms. The van der Waals surface area contributed by atoms with Crippen LogP contribution in [-0.2, 0) is 6.54 Å². The van der Waals surface area contributed by atoms with Gasteiger partial charge in [-0.25, -0.2) is 4.98 Å². The average molecular weight is 221 g/mol. The van der Waals surface area contributed by atoms with Crippen molar-refractivity contribution in [2.45, 2.75) is 39.3 Å². The molecular formula is C12H19N3O. The van der Waals surface area contributed by atoms with Crippen molar-refractivity contribution in [2.75, 3.05) is 6.61 Å². The maximum atomic E-state index is 5.52. The Morgan fingerprint density at radius 3 is 2.75 bits per heavy atom. The lowest BCUT2D eigenvalue weighted by Crippen LogP contribution is -2.22. The lowest BCUT2D eigenvalue weighted by atomic mass is 10.3. The third-order valence-electron chi connectivity index (χ3n) is 2.54. The van der Waals surface area contributed by atoms with E-state index in [4.69, 9.17) is 4.74 Å². The molecule has 4 nitrogen and oxygen atoms in total. The van der Waals surface area contributed by atoms with E-state index in [2.05, 4.69) is 29.1 Å². The number of ether oxygens (including phenoxy) is 1. The van der Waals surface area contributed by atoms with E-state index < -0.39 is 0 Å². The van der Waals surface area contributed by atoms with Crippen molar-refractivity contribution in [3.05, 3.63) is 18.1 Å². The number of hydrogen-bond donors (Lipinski definition) is 1. The molecule has 0 spiro atoms. The maximum absolute atomic E-state index is 5.52. The first-order valence-electron chi connectivity index (χ1n) is 5.91. The molecular weight excluding hydrogens is 202 g/mol. The summed E-state index contributed by atoms with van der Waals surface area (Å²) in [6.45, 7) is 5.77. The van der Waals surface area contributed by atoms with Crippen molar-refractivity contribution in [1.29, 1.82) is 0 Å². The Hall–Kier alpha value is -1.16. The molecule has 0 amide bonds. The summed E-state index contributed by atoms with van der Waals surface area (Å²) in [6.07, 6.45) is 6.07. The van der Waals surface area contributed by atoms with Gasteiger partial charge in [-0.1, -0.05) is 13.8 Å². The summed E-state index contributed by atoms with van der Waals surface area (Å²) >= 11 is 0. The average Bonchev–Trinajstić information content (AvgIpc) is 3.09. The molecule has 1 aromatic heterocycles. The number of nitrogens with one attached hydrogen (secondary N) is 1. The van der Waals surface area contributed by atoms with Gasteiger partial charge in [0.2, 0.25) is 5.88 Å². The number of aromatic nitrogens is 2. The Labute approximate surface area is 96.4 Å². The summed E-state index contributed by atoms with van der Waals surface area (Å²) in [5.41, 5.74) is 0.951. The monoisotopic (exact) mass is 221 g/mol. The molecule has 2 rings (SSSR count). The van der Waals surface area contributed by atoms with Gasteiger partial charge in [-0.3, -0.25) is 4.98 Å². The van der Waals surface area contributed by atoms with E-state index >= 15 is 0 Å². The molecule has 0 radical (unpaired) electrons. The Bertz CT molecular complexity index is 295. The molecule has 1 saturated carbocycles. The second-order valence-electron chi connectivity index (χ2n) is 4.64. The van der Waals surface area contributed by atoms with Crippen molar-refractivity contribution in [3.8, 4) is 5.88 Å². The van der Waals surface area contributed by atoms with Gasteiger partial charge in [0.05, 0.1) is 24.7 Å². The number of nitrogens with zero attached hydrogens (tertiary/aromatic N) is 2. The molecule has 1 fully saturated rings. The van der Waals surface area contributed by atoms with Gasteiger partial charge in [0, 0.05) is 12.6 Å². The second-order valence-corrected chi connectivity index (χ2v) is 4.64. The molecule has 1 aliphatic rings. The van der Waals surface area contributed by atoms with Crippen LogP contribution in [0.1, 0.15) is 32.4 Å². The van der Waals surface area contributed by atoms with Gasteiger partial charge >= 0.3 is 0 Å². The molecule has 0 aromatic carbocycles. The summed E-state index contributed by atoms with van der Waals surface area (Å²) in [5.74, 6) is 1.39. The Kier molecular flexibility index (Phi) is 3.72. The van der Waals surface area contributed by atoms with Gasteiger partial charge in [0.1, 0.15) is 0 Å². The fraction of sp³-hybridized carbons (Fsp3) is 0.667. The predicted molar refractivity (Wildman–Crippen MR) is 62.2 cm³/mol. The highest BCUT2D eigenvalue weighted by atomic mass is 16.5. The quantitative estimate of drug-likeness (QED) is 0.795. The van der Waals surface area contributed by atoms with Gasteiger partial charge in [-0.2, -0.15) is 0 Å². The first-order valence-corrected chi connectivity index (χ1v) is 5.91. The second kappa shape index (κ2) is 5.25. The van der Waals surface area contributed by atoms with E-state index in [9.17, 15) is 0 Å². The van der Waals surface area contributed by atoms with Crippen LogP contribution < -0.4 is 10.1 Å². The molecule has 1 heterocycles. The van der Waals surface area contributed by atoms with Crippen LogP contribution >= 0.6 is 0 Å². The molecule has 1 N–H and O–H groups in total. The normalized spacial score (nSPS) is 15.4. The predicted octanol–water partition coefficient (Wildman–Crippen LogP) is 1.76. The lowest BCUT2D eigenvalue weighted by molar-refractivity contribution is 0.287. The van der Waals surface area contributed by atoms with Crippen molar-refractivity contribution in [3.63, 3.8) is 0 Å². The Morgan fingerprint density at radius 1 is 1.38 bits per heavy atom. The summed E-state index contributed by atoms with van der Waals surface area (Å²) < 4.78 is 5.52. The third-order valence-corrected chi connectivity index (χ3v) is 2.54. The van der Waals surface area contributed by atoms with Crippen LogP contribution in [0.4, 0.5) is 0 Å². The van der Waals surface area contributed by atoms with Crippen molar-refractivity contribution in [1.82, 2.24) is 15.3 Å². The van der Waals surface area contributed by atoms with E-state index in [1.807, 2.05) is 0 Å². The van der Waals surface area contributed by atoms with E-state index in [1.165, 1.54) is 12.8 Å². The summed E-state index contributed by atoms with van der Waals surface area (Å²) in [6, 6.07) is 0.465. The molecule has 16 heavy (non-hydrogen) atoms. The van der Waals surface area contributed by atoms with E-state index in [0.717, 1.165) is 24.8 Å². The van der Waals surface area contributed by atoms with Crippen LogP contribution in [0.25, 0.3) is 0 Å². The summed E-state index contributed by atoms with van der Waals surface area (Å²) in [5, 5.41) is 3.30. The van der Waals surface area contributed by atoms with Crippen molar-refractivity contribution in [2.24, 2.45) is 5.92 Å². The number of hydrogen-bond acceptors (Lipinski definition) is 4. The van der Waals surface area contributed by atoms with Crippen molar-refractivity contribution >= 4 is 0 Å². The Balaban J connectivity index is 1.78. The third kappa shape index (κ3) is 3.77. The van der Waals surface area contributed by atoms with Crippen LogP contribution in [0.2, 0.25) is 0 Å². The van der Waals surface area contributed by atoms with Crippen LogP contribution in [-0.4, -0.2) is 22.6 Å². The molecule has 0 saturated heterocycles. The summed E-state index contributed by atoms with van der Waals surface area (Å²) in [7, 11) is 0. The fourth-order valence-electron chi connectivity index (χ4n) is 1.31. The molecule has 0 atom stereocenters. The van der Waals surface area contributed by atoms with Gasteiger partial charge in [-0.05, 0) is 18.8 Å². The molecule has 1 aliphatic carbocycles. The standard InChI is InChI=1S/C12H19N3O/c1-9(2)13-5-11-6-15-12(7-14-11)16-8-10-3-4-10/h6-7,9-10,13H,3-5,8H2,1-2H3. The van der Waals surface area contributed by atoms with Gasteiger partial charge < -0.3 is 10.1 Å². The molecule has 0 unspecified atom stereocenters. The molecule has 1 aromatic rings. The molecule has 88 valence electrons. The first kappa shape index (κ1) is 11.3. The highest BCUT2D eigenvalue weighted by Gasteiger charge is 2.22. The van der Waals surface area contributed by atoms with Gasteiger partial charge in [0.15, 0.2) is 0 Å². The minimum Gasteiger partial charge on any atom is -0.476 e. The van der Waals surface area contributed by atoms with E-state index in [0.29, 0.717) is 11.9 Å². The smallest absolute Gasteiger partial charge is 0.232 e. The zero-order valence-electron chi connectivity index (χ0n) is 9.94. The van der Waals surface area contributed by atoms with Crippen LogP contribution in [0.5, 0.6) is 5.88 Å². The van der Waals surface area contributed by atoms with E-state index in [-0.39, 0.29) is 0 Å². The number of rotatable bonds is 6. The minimum absolute atomic E-state index is 0.465. The van der Waals surface area contributed by atoms with Gasteiger partial charge in [0.25, 0.3) is 0 Å². The van der Waals surface area contributed by atoms with Crippen LogP contribution in [0, 0.1) is 5.92 Å². The van der Waals surface area contributed by atoms with Gasteiger partial charge in [-0.15, -0.1) is 0 Å². The fourth-order valence-corrected chi connectivity index (χ4v) is 1.31. The zero-order valence-corrected chi connectivity index (χ0v) is 9.94. The Morgan fingerprint density at radius 2 is 2.19 bits per heavy atom. The summed E-state index contributed by atoms with van der Waals surface area (Å²) in [4.78, 5) is 8.53. The topological polar surface area (TPSA) is 47.0 Å². The van der Waals surface area contributed by atoms with E-state index in [1.54, 1.807) is 12.4 Å². The lowest BCUT2D eigenvalue weighted by Gasteiger charge is -2.07.